The first kappa shape index (κ1) is 8.90. The Morgan fingerprint density at radius 2 is 1.25 bits per heavy atom. The van der Waals surface area contributed by atoms with Gasteiger partial charge in [0.15, 0.2) is 0 Å². The Morgan fingerprint density at radius 3 is 1.25 bits per heavy atom. The van der Waals surface area contributed by atoms with Gasteiger partial charge in [-0.15, -0.1) is 0 Å². The second kappa shape index (κ2) is 481. The molecule has 1 nitrogen and oxygen atoms in total. The van der Waals surface area contributed by atoms with Crippen molar-refractivity contribution in [2.45, 2.75) is 6.55 Å². The molecule has 4 heavy (non-hydrogen) atoms. The lowest BCUT2D eigenvalue weighted by Gasteiger charge is -1.21. The standard InChI is InChI=1S/CH4O.CH6Si/c2*1-2/h2H,1H3;1-2H3. The Labute approximate surface area is 30.1 Å². The third-order valence-electron chi connectivity index (χ3n) is 0. The second-order valence-corrected chi connectivity index (χ2v) is 0. The maximum absolute atomic E-state index is 7.00. The summed E-state index contributed by atoms with van der Waals surface area (Å²) >= 11 is 0. The zero-order chi connectivity index (χ0) is 4.00. The van der Waals surface area contributed by atoms with Gasteiger partial charge in [-0.3, -0.25) is 0 Å². The number of hydrogen-bond donors (Lipinski definition) is 1. The van der Waals surface area contributed by atoms with Crippen LogP contribution < -0.4 is 0 Å². The molecule has 1 N–H and O–H groups in total. The van der Waals surface area contributed by atoms with Crippen LogP contribution in [0.2, 0.25) is 6.55 Å². The molecule has 0 spiro atoms. The molecule has 0 aliphatic heterocycles. The highest BCUT2D eigenvalue weighted by molar-refractivity contribution is 6.05. The normalized spacial score (nSPS) is 3.75. The number of rotatable bonds is 0. The van der Waals surface area contributed by atoms with Crippen molar-refractivity contribution in [3.05, 3.63) is 0 Å². The van der Waals surface area contributed by atoms with Gasteiger partial charge in [-0.25, -0.2) is 0 Å². The summed E-state index contributed by atoms with van der Waals surface area (Å²) in [6, 6.07) is 0. The van der Waals surface area contributed by atoms with Crippen molar-refractivity contribution in [2.75, 3.05) is 7.11 Å². The van der Waals surface area contributed by atoms with E-state index in [1.165, 1.54) is 10.2 Å². The van der Waals surface area contributed by atoms with Crippen molar-refractivity contribution in [3.63, 3.8) is 0 Å². The number of hydrogen-bond acceptors (Lipinski definition) is 1. The number of aliphatic hydroxyl groups excluding tert-OH is 1. The van der Waals surface area contributed by atoms with Crippen LogP contribution in [0, 0.1) is 0 Å². The first-order valence-electron chi connectivity index (χ1n) is 1.45. The van der Waals surface area contributed by atoms with Crippen LogP contribution in [0.1, 0.15) is 0 Å². The molecule has 0 aromatic carbocycles. The van der Waals surface area contributed by atoms with Crippen LogP contribution in [0.25, 0.3) is 0 Å². The Bertz CT molecular complexity index is 6.00. The molecule has 0 bridgehead atoms. The minimum atomic E-state index is 1.00. The Kier molecular flexibility index (Phi) is 1070. The summed E-state index contributed by atoms with van der Waals surface area (Å²) in [5, 5.41) is 7.00. The van der Waals surface area contributed by atoms with Crippen molar-refractivity contribution in [2.24, 2.45) is 0 Å². The summed E-state index contributed by atoms with van der Waals surface area (Å²) in [6.45, 7) is 2.14. The van der Waals surface area contributed by atoms with Gasteiger partial charge < -0.3 is 5.11 Å². The third-order valence-corrected chi connectivity index (χ3v) is 0. The predicted molar refractivity (Wildman–Crippen MR) is 23.9 cm³/mol. The van der Waals surface area contributed by atoms with Crippen LogP contribution in [-0.4, -0.2) is 22.5 Å². The summed E-state index contributed by atoms with van der Waals surface area (Å²) in [5.74, 6) is 0. The first-order valence-corrected chi connectivity index (χ1v) is 3.45. The van der Waals surface area contributed by atoms with Gasteiger partial charge in [0.25, 0.3) is 0 Å². The molecule has 0 aliphatic carbocycles. The highest BCUT2D eigenvalue weighted by Crippen LogP contribution is 0.960. The summed E-state index contributed by atoms with van der Waals surface area (Å²) in [4.78, 5) is 0. The van der Waals surface area contributed by atoms with Crippen LogP contribution in [0.5, 0.6) is 0 Å². The van der Waals surface area contributed by atoms with Gasteiger partial charge >= 0.3 is 0 Å². The molecule has 0 atom stereocenters. The van der Waals surface area contributed by atoms with E-state index in [1.807, 2.05) is 0 Å². The molecule has 2 heteroatoms. The Morgan fingerprint density at radius 1 is 1.25 bits per heavy atom. The fraction of sp³-hybridized carbons (Fsp3) is 1.00. The zero-order valence-corrected chi connectivity index (χ0v) is 5.45. The molecule has 0 amide bonds. The predicted octanol–water partition coefficient (Wildman–Crippen LogP) is -0.992. The molecule has 0 heterocycles. The van der Waals surface area contributed by atoms with Crippen LogP contribution in [0.3, 0.4) is 0 Å². The maximum Gasteiger partial charge on any atom is 0.0319 e. The van der Waals surface area contributed by atoms with Gasteiger partial charge in [-0.2, -0.15) is 0 Å². The van der Waals surface area contributed by atoms with Gasteiger partial charge in [-0.1, -0.05) is 6.55 Å². The average molecular weight is 78.2 g/mol. The Balaban J connectivity index is 0. The van der Waals surface area contributed by atoms with Gasteiger partial charge in [0.05, 0.1) is 0 Å². The minimum Gasteiger partial charge on any atom is -0.400 e. The van der Waals surface area contributed by atoms with E-state index < -0.39 is 0 Å². The third kappa shape index (κ3) is 96.4. The van der Waals surface area contributed by atoms with Crippen molar-refractivity contribution in [1.29, 1.82) is 0 Å². The van der Waals surface area contributed by atoms with Crippen molar-refractivity contribution >= 4 is 10.2 Å². The summed E-state index contributed by atoms with van der Waals surface area (Å²) < 4.78 is 0. The first-order chi connectivity index (χ1) is 2.00. The van der Waals surface area contributed by atoms with Crippen LogP contribution in [0.4, 0.5) is 0 Å². The molecule has 0 radical (unpaired) electrons. The fourth-order valence-electron chi connectivity index (χ4n) is 0. The van der Waals surface area contributed by atoms with E-state index in [1.54, 1.807) is 0 Å². The van der Waals surface area contributed by atoms with Crippen molar-refractivity contribution in [3.8, 4) is 0 Å². The van der Waals surface area contributed by atoms with E-state index in [2.05, 4.69) is 6.55 Å². The van der Waals surface area contributed by atoms with E-state index in [4.69, 9.17) is 5.11 Å². The highest BCUT2D eigenvalue weighted by atomic mass is 28.1. The summed E-state index contributed by atoms with van der Waals surface area (Å²) in [6.07, 6.45) is 0. The maximum atomic E-state index is 7.00. The molecule has 0 unspecified atom stereocenters. The molecule has 28 valence electrons. The largest absolute Gasteiger partial charge is 0.400 e. The van der Waals surface area contributed by atoms with Crippen molar-refractivity contribution in [1.82, 2.24) is 0 Å². The number of aliphatic hydroxyl groups is 1. The van der Waals surface area contributed by atoms with Crippen LogP contribution in [-0.2, 0) is 0 Å². The SMILES string of the molecule is CO.C[SiH3]. The zero-order valence-electron chi connectivity index (χ0n) is 3.45. The molecule has 0 aromatic heterocycles. The van der Waals surface area contributed by atoms with Gasteiger partial charge in [0, 0.05) is 7.11 Å². The Hall–Kier alpha value is 0.177. The molecule has 0 aromatic rings. The molecule has 0 saturated heterocycles. The molecule has 0 saturated carbocycles. The van der Waals surface area contributed by atoms with Gasteiger partial charge in [-0.05, 0) is 10.2 Å². The lowest BCUT2D eigenvalue weighted by atomic mass is 11.8. The summed E-state index contributed by atoms with van der Waals surface area (Å²) in [5.41, 5.74) is 0. The van der Waals surface area contributed by atoms with E-state index >= 15 is 0 Å². The quantitative estimate of drug-likeness (QED) is 0.369. The lowest BCUT2D eigenvalue weighted by Crippen LogP contribution is -1.25. The molecule has 0 fully saturated rings. The smallest absolute Gasteiger partial charge is 0.0319 e. The van der Waals surface area contributed by atoms with Gasteiger partial charge in [0.2, 0.25) is 0 Å². The van der Waals surface area contributed by atoms with E-state index in [0.717, 1.165) is 7.11 Å². The minimum absolute atomic E-state index is 1.00. The topological polar surface area (TPSA) is 20.2 Å². The summed E-state index contributed by atoms with van der Waals surface area (Å²) in [7, 11) is 2.31. The van der Waals surface area contributed by atoms with E-state index in [-0.39, 0.29) is 0 Å². The van der Waals surface area contributed by atoms with Gasteiger partial charge in [0.1, 0.15) is 0 Å². The monoisotopic (exact) mass is 78.1 g/mol. The second-order valence-electron chi connectivity index (χ2n) is 0. The van der Waals surface area contributed by atoms with Crippen LogP contribution >= 0.6 is 0 Å². The van der Waals surface area contributed by atoms with Crippen molar-refractivity contribution < 1.29 is 5.11 Å². The molecular weight excluding hydrogens is 68.1 g/mol. The van der Waals surface area contributed by atoms with E-state index in [0.29, 0.717) is 0 Å². The average Bonchev–Trinajstić information content (AvgIpc) is 1.50. The lowest BCUT2D eigenvalue weighted by molar-refractivity contribution is 0.399. The molecular formula is C2H10OSi. The fourth-order valence-corrected chi connectivity index (χ4v) is 0. The molecule has 0 aliphatic rings. The van der Waals surface area contributed by atoms with E-state index in [9.17, 15) is 0 Å². The molecule has 0 rings (SSSR count). The highest BCUT2D eigenvalue weighted by Gasteiger charge is 0.962. The van der Waals surface area contributed by atoms with Crippen LogP contribution in [0.15, 0.2) is 0 Å².